The number of carbonyl (C=O) groups excluding carboxylic acids is 1. The fourth-order valence-electron chi connectivity index (χ4n) is 4.36. The van der Waals surface area contributed by atoms with Crippen molar-refractivity contribution in [2.75, 3.05) is 0 Å². The normalized spacial score (nSPS) is 24.7. The molecule has 1 N–H and O–H groups in total. The van der Waals surface area contributed by atoms with Gasteiger partial charge in [-0.3, -0.25) is 4.79 Å². The fraction of sp³-hybridized carbons (Fsp3) is 0.240. The van der Waals surface area contributed by atoms with Crippen LogP contribution in [-0.4, -0.2) is 33.6 Å². The van der Waals surface area contributed by atoms with E-state index in [2.05, 4.69) is 0 Å². The van der Waals surface area contributed by atoms with E-state index in [1.54, 1.807) is 36.4 Å². The third-order valence-electron chi connectivity index (χ3n) is 6.00. The van der Waals surface area contributed by atoms with Crippen molar-refractivity contribution in [3.8, 4) is 6.07 Å². The van der Waals surface area contributed by atoms with Gasteiger partial charge in [-0.15, -0.1) is 0 Å². The number of nitrogens with zero attached hydrogens (tertiary/aromatic N) is 2. The highest BCUT2D eigenvalue weighted by Gasteiger charge is 2.49. The molecule has 0 aromatic heterocycles. The minimum atomic E-state index is -2.45. The zero-order chi connectivity index (χ0) is 22.9. The van der Waals surface area contributed by atoms with Crippen molar-refractivity contribution in [2.24, 2.45) is 0 Å². The second-order valence-corrected chi connectivity index (χ2v) is 7.93. The Bertz CT molecular complexity index is 1180. The quantitative estimate of drug-likeness (QED) is 0.765. The van der Waals surface area contributed by atoms with Crippen LogP contribution in [0.25, 0.3) is 5.57 Å². The summed E-state index contributed by atoms with van der Waals surface area (Å²) in [5.41, 5.74) is -0.442. The third-order valence-corrected chi connectivity index (χ3v) is 6.00. The number of alkyl halides is 1. The van der Waals surface area contributed by atoms with Gasteiger partial charge in [0.25, 0.3) is 5.91 Å². The highest BCUT2D eigenvalue weighted by Crippen LogP contribution is 2.41. The van der Waals surface area contributed by atoms with Gasteiger partial charge in [-0.25, -0.2) is 13.6 Å². The zero-order valence-electron chi connectivity index (χ0n) is 17.0. The molecule has 32 heavy (non-hydrogen) atoms. The maximum atomic E-state index is 15.8. The number of nitriles is 1. The number of carboxylic acids is 1. The Kier molecular flexibility index (Phi) is 5.62. The summed E-state index contributed by atoms with van der Waals surface area (Å²) in [5.74, 6) is -2.80. The van der Waals surface area contributed by atoms with Gasteiger partial charge < -0.3 is 10.0 Å². The summed E-state index contributed by atoms with van der Waals surface area (Å²) in [5, 5.41) is 18.7. The number of rotatable bonds is 4. The number of carbonyl (C=O) groups is 2. The lowest BCUT2D eigenvalue weighted by molar-refractivity contribution is -0.154. The van der Waals surface area contributed by atoms with Gasteiger partial charge in [0, 0.05) is 12.0 Å². The lowest BCUT2D eigenvalue weighted by atomic mass is 9.88. The van der Waals surface area contributed by atoms with Crippen LogP contribution in [0.2, 0.25) is 0 Å². The van der Waals surface area contributed by atoms with Crippen molar-refractivity contribution in [1.82, 2.24) is 4.90 Å². The number of carboxylic acid groups (broad SMARTS) is 1. The van der Waals surface area contributed by atoms with Crippen LogP contribution in [0, 0.1) is 17.1 Å². The van der Waals surface area contributed by atoms with Crippen molar-refractivity contribution in [1.29, 1.82) is 5.26 Å². The first-order chi connectivity index (χ1) is 15.3. The van der Waals surface area contributed by atoms with Gasteiger partial charge in [0.15, 0.2) is 0 Å². The van der Waals surface area contributed by atoms with Crippen LogP contribution in [-0.2, 0) is 9.59 Å². The van der Waals surface area contributed by atoms with E-state index in [1.165, 1.54) is 24.3 Å². The van der Waals surface area contributed by atoms with E-state index in [0.29, 0.717) is 16.7 Å². The van der Waals surface area contributed by atoms with Gasteiger partial charge in [0.2, 0.25) is 5.67 Å². The van der Waals surface area contributed by atoms with Crippen molar-refractivity contribution in [3.05, 3.63) is 89.3 Å². The molecule has 1 heterocycles. The van der Waals surface area contributed by atoms with E-state index >= 15 is 4.39 Å². The Labute approximate surface area is 183 Å². The van der Waals surface area contributed by atoms with E-state index in [1.807, 2.05) is 6.07 Å². The van der Waals surface area contributed by atoms with Crippen LogP contribution in [0.5, 0.6) is 0 Å². The molecule has 2 aromatic carbocycles. The summed E-state index contributed by atoms with van der Waals surface area (Å²) < 4.78 is 30.2. The highest BCUT2D eigenvalue weighted by atomic mass is 19.1. The second kappa shape index (κ2) is 8.39. The molecule has 1 aliphatic carbocycles. The summed E-state index contributed by atoms with van der Waals surface area (Å²) in [7, 11) is 0. The molecule has 5 nitrogen and oxygen atoms in total. The maximum absolute atomic E-state index is 15.8. The molecule has 1 fully saturated rings. The smallest absolute Gasteiger partial charge is 0.326 e. The Hall–Kier alpha value is -3.79. The number of hydrogen-bond acceptors (Lipinski definition) is 3. The van der Waals surface area contributed by atoms with Crippen LogP contribution < -0.4 is 0 Å². The van der Waals surface area contributed by atoms with Crippen molar-refractivity contribution in [2.45, 2.75) is 37.0 Å². The lowest BCUT2D eigenvalue weighted by Crippen LogP contribution is -2.50. The first-order valence-electron chi connectivity index (χ1n) is 10.2. The average Bonchev–Trinajstić information content (AvgIpc) is 3.24. The largest absolute Gasteiger partial charge is 0.480 e. The number of benzene rings is 2. The van der Waals surface area contributed by atoms with E-state index in [4.69, 9.17) is 5.26 Å². The van der Waals surface area contributed by atoms with Crippen molar-refractivity contribution < 1.29 is 23.5 Å². The van der Waals surface area contributed by atoms with Gasteiger partial charge in [0.05, 0.1) is 17.7 Å². The number of halogens is 2. The molecule has 2 aromatic rings. The molecule has 4 rings (SSSR count). The summed E-state index contributed by atoms with van der Waals surface area (Å²) in [6, 6.07) is 12.6. The van der Waals surface area contributed by atoms with Gasteiger partial charge in [0.1, 0.15) is 11.9 Å². The van der Waals surface area contributed by atoms with Gasteiger partial charge in [-0.05, 0) is 48.3 Å². The molecule has 1 saturated heterocycles. The van der Waals surface area contributed by atoms with Gasteiger partial charge in [-0.2, -0.15) is 5.26 Å². The number of likely N-dealkylation sites (tertiary alicyclic amines) is 1. The van der Waals surface area contributed by atoms with E-state index in [9.17, 15) is 19.1 Å². The third kappa shape index (κ3) is 3.80. The molecule has 1 amide bonds. The zero-order valence-corrected chi connectivity index (χ0v) is 17.0. The Morgan fingerprint density at radius 2 is 1.94 bits per heavy atom. The van der Waals surface area contributed by atoms with E-state index < -0.39 is 35.4 Å². The van der Waals surface area contributed by atoms with Crippen molar-refractivity contribution in [3.63, 3.8) is 0 Å². The monoisotopic (exact) mass is 434 g/mol. The molecule has 0 saturated carbocycles. The number of amides is 1. The summed E-state index contributed by atoms with van der Waals surface area (Å²) >= 11 is 0. The molecule has 162 valence electrons. The average molecular weight is 434 g/mol. The van der Waals surface area contributed by atoms with Crippen molar-refractivity contribution >= 4 is 17.4 Å². The topological polar surface area (TPSA) is 81.4 Å². The molecule has 0 bridgehead atoms. The molecule has 3 atom stereocenters. The van der Waals surface area contributed by atoms with Crippen LogP contribution in [0.3, 0.4) is 0 Å². The van der Waals surface area contributed by atoms with Crippen LogP contribution in [0.4, 0.5) is 8.78 Å². The molecule has 2 aliphatic rings. The predicted molar refractivity (Wildman–Crippen MR) is 113 cm³/mol. The predicted octanol–water partition coefficient (Wildman–Crippen LogP) is 4.57. The minimum Gasteiger partial charge on any atom is -0.480 e. The SMILES string of the molecule is N#Cc1cccc(C2=CCC(F)(C(=O)N3[C@@H](c4ccccc4F)CC[C@H]3C(=O)O)C=C2)c1. The second-order valence-electron chi connectivity index (χ2n) is 7.93. The first kappa shape index (κ1) is 21.4. The lowest BCUT2D eigenvalue weighted by Gasteiger charge is -2.34. The first-order valence-corrected chi connectivity index (χ1v) is 10.2. The molecule has 7 heteroatoms. The summed E-state index contributed by atoms with van der Waals surface area (Å²) in [6.07, 6.45) is 4.19. The van der Waals surface area contributed by atoms with Crippen LogP contribution in [0.15, 0.2) is 66.8 Å². The highest BCUT2D eigenvalue weighted by molar-refractivity contribution is 5.94. The summed E-state index contributed by atoms with van der Waals surface area (Å²) in [6.45, 7) is 0. The minimum absolute atomic E-state index is 0.113. The molecule has 0 spiro atoms. The molecular weight excluding hydrogens is 414 g/mol. The number of hydrogen-bond donors (Lipinski definition) is 1. The Balaban J connectivity index is 1.63. The number of aliphatic carboxylic acids is 1. The molecule has 0 radical (unpaired) electrons. The fourth-order valence-corrected chi connectivity index (χ4v) is 4.36. The maximum Gasteiger partial charge on any atom is 0.326 e. The Morgan fingerprint density at radius 1 is 1.16 bits per heavy atom. The van der Waals surface area contributed by atoms with E-state index in [-0.39, 0.29) is 24.8 Å². The Morgan fingerprint density at radius 3 is 2.59 bits per heavy atom. The van der Waals surface area contributed by atoms with Crippen LogP contribution >= 0.6 is 0 Å². The molecule has 1 aliphatic heterocycles. The van der Waals surface area contributed by atoms with Crippen LogP contribution in [0.1, 0.15) is 42.0 Å². The standard InChI is InChI=1S/C25H20F2N2O3/c26-20-7-2-1-6-19(20)21-8-9-22(23(30)31)29(21)24(32)25(27)12-10-17(11-13-25)18-5-3-4-16(14-18)15-28/h1-7,10-12,14,21-22H,8-9,13H2,(H,30,31)/t21-,22+,25?/m1/s1. The summed E-state index contributed by atoms with van der Waals surface area (Å²) in [4.78, 5) is 26.1. The van der Waals surface area contributed by atoms with Gasteiger partial charge >= 0.3 is 5.97 Å². The number of allylic oxidation sites excluding steroid dienone is 3. The molecule has 1 unspecified atom stereocenters. The molecular formula is C25H20F2N2O3. The van der Waals surface area contributed by atoms with E-state index in [0.717, 1.165) is 11.0 Å². The van der Waals surface area contributed by atoms with Gasteiger partial charge in [-0.1, -0.05) is 42.5 Å².